The van der Waals surface area contributed by atoms with Gasteiger partial charge in [-0.25, -0.2) is 9.98 Å². The molecule has 1 saturated heterocycles. The molecule has 4 N–H and O–H groups in total. The van der Waals surface area contributed by atoms with E-state index in [2.05, 4.69) is 39.4 Å². The summed E-state index contributed by atoms with van der Waals surface area (Å²) in [6, 6.07) is 3.97. The van der Waals surface area contributed by atoms with Crippen molar-refractivity contribution in [2.24, 2.45) is 16.6 Å². The zero-order chi connectivity index (χ0) is 18.1. The number of pyridine rings is 1. The second-order valence-electron chi connectivity index (χ2n) is 6.30. The number of anilines is 1. The van der Waals surface area contributed by atoms with E-state index in [4.69, 9.17) is 5.73 Å². The van der Waals surface area contributed by atoms with Crippen LogP contribution in [0.3, 0.4) is 0 Å². The fourth-order valence-electron chi connectivity index (χ4n) is 2.99. The number of nitrogens with zero attached hydrogens (tertiary/aromatic N) is 3. The van der Waals surface area contributed by atoms with E-state index in [9.17, 15) is 4.79 Å². The molecule has 1 amide bonds. The van der Waals surface area contributed by atoms with Crippen LogP contribution in [0.2, 0.25) is 0 Å². The maximum atomic E-state index is 11.5. The number of aromatic nitrogens is 1. The Bertz CT molecular complexity index is 595. The number of primary amides is 1. The van der Waals surface area contributed by atoms with Gasteiger partial charge in [0.25, 0.3) is 0 Å². The third kappa shape index (κ3) is 6.62. The summed E-state index contributed by atoms with van der Waals surface area (Å²) in [5.74, 6) is 1.39. The standard InChI is InChI=1S/C18H30N6O.HI/c1-3-9-22-18(20-4-2)23-12-14-7-5-10-21-17(14)24-11-6-8-15(13-24)16(19)25;/h5,7,10,15H,3-4,6,8-9,11-13H2,1-2H3,(H2,19,25)(H2,20,22,23);1H. The minimum atomic E-state index is -0.224. The van der Waals surface area contributed by atoms with Gasteiger partial charge in [0.05, 0.1) is 12.5 Å². The summed E-state index contributed by atoms with van der Waals surface area (Å²) in [4.78, 5) is 22.9. The molecule has 1 aromatic heterocycles. The van der Waals surface area contributed by atoms with Crippen LogP contribution in [-0.4, -0.2) is 43.0 Å². The highest BCUT2D eigenvalue weighted by Gasteiger charge is 2.25. The molecule has 1 aromatic rings. The SMILES string of the molecule is CCCNC(=NCc1cccnc1N1CCCC(C(N)=O)C1)NCC.I. The number of aliphatic imine (C=N–C) groups is 1. The van der Waals surface area contributed by atoms with Gasteiger partial charge < -0.3 is 21.3 Å². The van der Waals surface area contributed by atoms with Crippen LogP contribution in [0.1, 0.15) is 38.7 Å². The first-order valence-electron chi connectivity index (χ1n) is 9.16. The Morgan fingerprint density at radius 2 is 2.23 bits per heavy atom. The highest BCUT2D eigenvalue weighted by atomic mass is 127. The van der Waals surface area contributed by atoms with Crippen LogP contribution < -0.4 is 21.3 Å². The molecule has 1 aliphatic rings. The summed E-state index contributed by atoms with van der Waals surface area (Å²) >= 11 is 0. The Morgan fingerprint density at radius 3 is 2.92 bits per heavy atom. The molecular formula is C18H31IN6O. The van der Waals surface area contributed by atoms with Crippen LogP contribution in [0, 0.1) is 5.92 Å². The maximum absolute atomic E-state index is 11.5. The van der Waals surface area contributed by atoms with E-state index in [0.717, 1.165) is 56.2 Å². The second kappa shape index (κ2) is 11.9. The lowest BCUT2D eigenvalue weighted by Gasteiger charge is -2.33. The molecule has 0 radical (unpaired) electrons. The fourth-order valence-corrected chi connectivity index (χ4v) is 2.99. The lowest BCUT2D eigenvalue weighted by molar-refractivity contribution is -0.122. The molecule has 0 aliphatic carbocycles. The van der Waals surface area contributed by atoms with Gasteiger partial charge in [0.1, 0.15) is 5.82 Å². The van der Waals surface area contributed by atoms with Crippen LogP contribution in [0.25, 0.3) is 0 Å². The van der Waals surface area contributed by atoms with Gasteiger partial charge in [-0.3, -0.25) is 4.79 Å². The van der Waals surface area contributed by atoms with E-state index in [1.54, 1.807) is 6.20 Å². The number of rotatable bonds is 7. The van der Waals surface area contributed by atoms with E-state index in [1.165, 1.54) is 0 Å². The lowest BCUT2D eigenvalue weighted by atomic mass is 9.97. The quantitative estimate of drug-likeness (QED) is 0.319. The molecule has 2 heterocycles. The van der Waals surface area contributed by atoms with Gasteiger partial charge in [-0.05, 0) is 32.3 Å². The van der Waals surface area contributed by atoms with Crippen molar-refractivity contribution in [1.29, 1.82) is 0 Å². The maximum Gasteiger partial charge on any atom is 0.222 e. The van der Waals surface area contributed by atoms with Crippen molar-refractivity contribution in [1.82, 2.24) is 15.6 Å². The summed E-state index contributed by atoms with van der Waals surface area (Å²) in [6.07, 6.45) is 4.65. The van der Waals surface area contributed by atoms with Crippen molar-refractivity contribution in [2.45, 2.75) is 39.7 Å². The third-order valence-electron chi connectivity index (χ3n) is 4.28. The molecule has 0 bridgehead atoms. The topological polar surface area (TPSA) is 95.6 Å². The molecule has 0 aromatic carbocycles. The molecule has 1 aliphatic heterocycles. The van der Waals surface area contributed by atoms with Gasteiger partial charge in [-0.2, -0.15) is 0 Å². The van der Waals surface area contributed by atoms with Gasteiger partial charge in [-0.1, -0.05) is 13.0 Å². The smallest absolute Gasteiger partial charge is 0.222 e. The molecule has 2 rings (SSSR count). The Morgan fingerprint density at radius 1 is 1.42 bits per heavy atom. The number of halogens is 1. The Kier molecular flexibility index (Phi) is 10.3. The van der Waals surface area contributed by atoms with Gasteiger partial charge in [0.2, 0.25) is 5.91 Å². The first-order valence-corrected chi connectivity index (χ1v) is 9.16. The van der Waals surface area contributed by atoms with Crippen LogP contribution in [-0.2, 0) is 11.3 Å². The molecule has 0 saturated carbocycles. The summed E-state index contributed by atoms with van der Waals surface area (Å²) < 4.78 is 0. The Labute approximate surface area is 173 Å². The summed E-state index contributed by atoms with van der Waals surface area (Å²) in [6.45, 7) is 7.96. The van der Waals surface area contributed by atoms with Gasteiger partial charge in [-0.15, -0.1) is 24.0 Å². The number of amides is 1. The van der Waals surface area contributed by atoms with Crippen LogP contribution >= 0.6 is 24.0 Å². The molecule has 1 fully saturated rings. The summed E-state index contributed by atoms with van der Waals surface area (Å²) in [7, 11) is 0. The number of piperidine rings is 1. The largest absolute Gasteiger partial charge is 0.369 e. The predicted molar refractivity (Wildman–Crippen MR) is 117 cm³/mol. The van der Waals surface area contributed by atoms with Crippen LogP contribution in [0.5, 0.6) is 0 Å². The number of nitrogens with two attached hydrogens (primary N) is 1. The van der Waals surface area contributed by atoms with Crippen molar-refractivity contribution >= 4 is 41.7 Å². The molecule has 146 valence electrons. The first-order chi connectivity index (χ1) is 12.2. The van der Waals surface area contributed by atoms with Crippen molar-refractivity contribution in [3.8, 4) is 0 Å². The van der Waals surface area contributed by atoms with E-state index >= 15 is 0 Å². The number of nitrogens with one attached hydrogen (secondary N) is 2. The Balaban J connectivity index is 0.00000338. The normalized spacial score (nSPS) is 17.4. The average molecular weight is 474 g/mol. The van der Waals surface area contributed by atoms with E-state index < -0.39 is 0 Å². The zero-order valence-corrected chi connectivity index (χ0v) is 18.0. The van der Waals surface area contributed by atoms with E-state index in [-0.39, 0.29) is 35.8 Å². The number of hydrogen-bond donors (Lipinski definition) is 3. The third-order valence-corrected chi connectivity index (χ3v) is 4.28. The van der Waals surface area contributed by atoms with E-state index in [0.29, 0.717) is 13.1 Å². The van der Waals surface area contributed by atoms with E-state index in [1.807, 2.05) is 12.1 Å². The van der Waals surface area contributed by atoms with Crippen LogP contribution in [0.4, 0.5) is 5.82 Å². The molecule has 26 heavy (non-hydrogen) atoms. The Hall–Kier alpha value is -1.58. The fraction of sp³-hybridized carbons (Fsp3) is 0.611. The predicted octanol–water partition coefficient (Wildman–Crippen LogP) is 1.87. The summed E-state index contributed by atoms with van der Waals surface area (Å²) in [5, 5.41) is 6.56. The van der Waals surface area contributed by atoms with Crippen molar-refractivity contribution < 1.29 is 4.79 Å². The number of carbonyl (C=O) groups is 1. The second-order valence-corrected chi connectivity index (χ2v) is 6.30. The number of guanidine groups is 1. The summed E-state index contributed by atoms with van der Waals surface area (Å²) in [5.41, 5.74) is 6.56. The molecular weight excluding hydrogens is 443 g/mol. The molecule has 7 nitrogen and oxygen atoms in total. The molecule has 8 heteroatoms. The highest BCUT2D eigenvalue weighted by molar-refractivity contribution is 14.0. The number of carbonyl (C=O) groups excluding carboxylic acids is 1. The van der Waals surface area contributed by atoms with Gasteiger partial charge in [0.15, 0.2) is 5.96 Å². The van der Waals surface area contributed by atoms with Crippen molar-refractivity contribution in [3.05, 3.63) is 23.9 Å². The van der Waals surface area contributed by atoms with Crippen molar-refractivity contribution in [2.75, 3.05) is 31.1 Å². The molecule has 1 atom stereocenters. The minimum absolute atomic E-state index is 0. The van der Waals surface area contributed by atoms with Crippen molar-refractivity contribution in [3.63, 3.8) is 0 Å². The van der Waals surface area contributed by atoms with Crippen LogP contribution in [0.15, 0.2) is 23.3 Å². The van der Waals surface area contributed by atoms with Gasteiger partial charge in [0, 0.05) is 37.9 Å². The molecule has 0 spiro atoms. The zero-order valence-electron chi connectivity index (χ0n) is 15.7. The van der Waals surface area contributed by atoms with Gasteiger partial charge >= 0.3 is 0 Å². The lowest BCUT2D eigenvalue weighted by Crippen LogP contribution is -2.42. The molecule has 1 unspecified atom stereocenters. The minimum Gasteiger partial charge on any atom is -0.369 e. The first kappa shape index (κ1) is 22.5. The number of hydrogen-bond acceptors (Lipinski definition) is 4. The average Bonchev–Trinajstić information content (AvgIpc) is 2.64. The highest BCUT2D eigenvalue weighted by Crippen LogP contribution is 2.24. The monoisotopic (exact) mass is 474 g/mol.